The topological polar surface area (TPSA) is 38.0 Å². The molecule has 1 saturated carbocycles. The Morgan fingerprint density at radius 3 is 2.47 bits per heavy atom. The van der Waals surface area contributed by atoms with E-state index < -0.39 is 5.60 Å². The first-order valence-corrected chi connectivity index (χ1v) is 6.85. The maximum absolute atomic E-state index is 10.6. The minimum Gasteiger partial charge on any atom is -0.389 e. The van der Waals surface area contributed by atoms with E-state index >= 15 is 0 Å². The third-order valence-electron chi connectivity index (χ3n) is 3.74. The van der Waals surface area contributed by atoms with E-state index in [4.69, 9.17) is 0 Å². The zero-order valence-electron chi connectivity index (χ0n) is 11.0. The minimum absolute atomic E-state index is 0.396. The Morgan fingerprint density at radius 1 is 1.29 bits per heavy atom. The molecule has 1 heterocycles. The molecule has 17 heavy (non-hydrogen) atoms. The fraction of sp³-hybridized carbons (Fsp3) is 0.786. The van der Waals surface area contributed by atoms with Gasteiger partial charge in [-0.05, 0) is 32.8 Å². The lowest BCUT2D eigenvalue weighted by Crippen LogP contribution is -2.30. The molecule has 0 saturated heterocycles. The Balaban J connectivity index is 2.02. The van der Waals surface area contributed by atoms with Crippen LogP contribution in [-0.2, 0) is 6.42 Å². The molecule has 0 bridgehead atoms. The molecule has 0 spiro atoms. The lowest BCUT2D eigenvalue weighted by Gasteiger charge is -2.25. The predicted octanol–water partition coefficient (Wildman–Crippen LogP) is 3.09. The van der Waals surface area contributed by atoms with Gasteiger partial charge in [-0.3, -0.25) is 4.68 Å². The van der Waals surface area contributed by atoms with Crippen LogP contribution in [-0.4, -0.2) is 20.5 Å². The Hall–Kier alpha value is -0.830. The molecule has 0 aliphatic heterocycles. The summed E-state index contributed by atoms with van der Waals surface area (Å²) in [5, 5.41) is 15.1. The van der Waals surface area contributed by atoms with Gasteiger partial charge in [0, 0.05) is 18.7 Å². The van der Waals surface area contributed by atoms with Gasteiger partial charge in [-0.25, -0.2) is 0 Å². The second-order valence-corrected chi connectivity index (χ2v) is 5.70. The van der Waals surface area contributed by atoms with Gasteiger partial charge < -0.3 is 5.11 Å². The first-order chi connectivity index (χ1) is 8.09. The summed E-state index contributed by atoms with van der Waals surface area (Å²) in [6.07, 6.45) is 9.43. The van der Waals surface area contributed by atoms with Crippen molar-refractivity contribution in [3.05, 3.63) is 18.0 Å². The molecule has 96 valence electrons. The van der Waals surface area contributed by atoms with Crippen LogP contribution in [0.15, 0.2) is 12.3 Å². The van der Waals surface area contributed by atoms with Crippen molar-refractivity contribution in [1.29, 1.82) is 0 Å². The lowest BCUT2D eigenvalue weighted by atomic mass is 9.89. The monoisotopic (exact) mass is 236 g/mol. The van der Waals surface area contributed by atoms with Gasteiger partial charge in [0.15, 0.2) is 0 Å². The summed E-state index contributed by atoms with van der Waals surface area (Å²) in [4.78, 5) is 0. The van der Waals surface area contributed by atoms with Crippen LogP contribution in [0.5, 0.6) is 0 Å². The van der Waals surface area contributed by atoms with Gasteiger partial charge in [0.25, 0.3) is 0 Å². The van der Waals surface area contributed by atoms with Gasteiger partial charge in [0.2, 0.25) is 0 Å². The van der Waals surface area contributed by atoms with E-state index in [-0.39, 0.29) is 0 Å². The molecule has 3 nitrogen and oxygen atoms in total. The van der Waals surface area contributed by atoms with Crippen molar-refractivity contribution < 1.29 is 5.11 Å². The molecule has 0 aromatic carbocycles. The van der Waals surface area contributed by atoms with E-state index in [1.165, 1.54) is 12.8 Å². The third-order valence-corrected chi connectivity index (χ3v) is 3.74. The summed E-state index contributed by atoms with van der Waals surface area (Å²) < 4.78 is 1.97. The van der Waals surface area contributed by atoms with Gasteiger partial charge in [-0.2, -0.15) is 5.10 Å². The van der Waals surface area contributed by atoms with Crippen LogP contribution in [0, 0.1) is 0 Å². The first kappa shape index (κ1) is 12.6. The molecule has 1 aromatic heterocycles. The summed E-state index contributed by atoms with van der Waals surface area (Å²) in [5.74, 6) is 0. The summed E-state index contributed by atoms with van der Waals surface area (Å²) >= 11 is 0. The summed E-state index contributed by atoms with van der Waals surface area (Å²) in [7, 11) is 0. The van der Waals surface area contributed by atoms with E-state index in [1.807, 2.05) is 16.9 Å². The van der Waals surface area contributed by atoms with Crippen LogP contribution in [0.3, 0.4) is 0 Å². The molecule has 1 fully saturated rings. The average molecular weight is 236 g/mol. The van der Waals surface area contributed by atoms with Gasteiger partial charge in [0.05, 0.1) is 11.3 Å². The van der Waals surface area contributed by atoms with Crippen LogP contribution in [0.25, 0.3) is 0 Å². The highest BCUT2D eigenvalue weighted by Crippen LogP contribution is 2.29. The molecule has 3 heteroatoms. The van der Waals surface area contributed by atoms with Crippen LogP contribution in [0.2, 0.25) is 0 Å². The maximum atomic E-state index is 10.6. The SMILES string of the molecule is CC(C)n1ccc(CC2(O)CCCCCC2)n1. The average Bonchev–Trinajstić information content (AvgIpc) is 2.61. The second-order valence-electron chi connectivity index (χ2n) is 5.70. The summed E-state index contributed by atoms with van der Waals surface area (Å²) in [6.45, 7) is 4.24. The van der Waals surface area contributed by atoms with Crippen molar-refractivity contribution >= 4 is 0 Å². The van der Waals surface area contributed by atoms with Crippen molar-refractivity contribution in [2.75, 3.05) is 0 Å². The third kappa shape index (κ3) is 3.32. The predicted molar refractivity (Wildman–Crippen MR) is 69.0 cm³/mol. The molecule has 0 unspecified atom stereocenters. The van der Waals surface area contributed by atoms with Crippen molar-refractivity contribution in [3.8, 4) is 0 Å². The molecule has 2 rings (SSSR count). The summed E-state index contributed by atoms with van der Waals surface area (Å²) in [5.41, 5.74) is 0.523. The first-order valence-electron chi connectivity index (χ1n) is 6.85. The van der Waals surface area contributed by atoms with E-state index in [1.54, 1.807) is 0 Å². The molecular weight excluding hydrogens is 212 g/mol. The summed E-state index contributed by atoms with van der Waals surface area (Å²) in [6, 6.07) is 2.44. The van der Waals surface area contributed by atoms with Gasteiger partial charge >= 0.3 is 0 Å². The van der Waals surface area contributed by atoms with E-state index in [2.05, 4.69) is 18.9 Å². The number of nitrogens with zero attached hydrogens (tertiary/aromatic N) is 2. The molecule has 1 N–H and O–H groups in total. The highest BCUT2D eigenvalue weighted by atomic mass is 16.3. The van der Waals surface area contributed by atoms with E-state index in [0.717, 1.165) is 31.4 Å². The van der Waals surface area contributed by atoms with Crippen molar-refractivity contribution in [1.82, 2.24) is 9.78 Å². The Kier molecular flexibility index (Phi) is 3.87. The van der Waals surface area contributed by atoms with E-state index in [0.29, 0.717) is 12.5 Å². The second kappa shape index (κ2) is 5.21. The molecule has 1 aliphatic carbocycles. The lowest BCUT2D eigenvalue weighted by molar-refractivity contribution is 0.0242. The number of hydrogen-bond donors (Lipinski definition) is 1. The molecule has 0 amide bonds. The standard InChI is InChI=1S/C14H24N2O/c1-12(2)16-10-7-13(15-16)11-14(17)8-5-3-4-6-9-14/h7,10,12,17H,3-6,8-9,11H2,1-2H3. The highest BCUT2D eigenvalue weighted by molar-refractivity contribution is 5.04. The number of aromatic nitrogens is 2. The normalized spacial score (nSPS) is 20.5. The van der Waals surface area contributed by atoms with Crippen LogP contribution >= 0.6 is 0 Å². The molecule has 0 radical (unpaired) electrons. The fourth-order valence-corrected chi connectivity index (χ4v) is 2.66. The van der Waals surface area contributed by atoms with Crippen LogP contribution < -0.4 is 0 Å². The molecule has 1 aromatic rings. The Morgan fingerprint density at radius 2 is 1.94 bits per heavy atom. The van der Waals surface area contributed by atoms with Gasteiger partial charge in [-0.15, -0.1) is 0 Å². The molecular formula is C14H24N2O. The Bertz CT molecular complexity index is 349. The van der Waals surface area contributed by atoms with Crippen molar-refractivity contribution in [3.63, 3.8) is 0 Å². The number of aliphatic hydroxyl groups is 1. The fourth-order valence-electron chi connectivity index (χ4n) is 2.66. The number of hydrogen-bond acceptors (Lipinski definition) is 2. The smallest absolute Gasteiger partial charge is 0.0703 e. The van der Waals surface area contributed by atoms with Gasteiger partial charge in [0.1, 0.15) is 0 Å². The quantitative estimate of drug-likeness (QED) is 0.819. The van der Waals surface area contributed by atoms with Crippen LogP contribution in [0.4, 0.5) is 0 Å². The van der Waals surface area contributed by atoms with Crippen LogP contribution in [0.1, 0.15) is 64.1 Å². The molecule has 1 aliphatic rings. The Labute approximate surface area is 104 Å². The van der Waals surface area contributed by atoms with Crippen molar-refractivity contribution in [2.45, 2.75) is 70.4 Å². The zero-order valence-corrected chi connectivity index (χ0v) is 11.0. The highest BCUT2D eigenvalue weighted by Gasteiger charge is 2.29. The number of rotatable bonds is 3. The molecule has 0 atom stereocenters. The van der Waals surface area contributed by atoms with Gasteiger partial charge in [-0.1, -0.05) is 25.7 Å². The van der Waals surface area contributed by atoms with E-state index in [9.17, 15) is 5.11 Å². The zero-order chi connectivity index (χ0) is 12.3. The largest absolute Gasteiger partial charge is 0.389 e. The maximum Gasteiger partial charge on any atom is 0.0703 e. The van der Waals surface area contributed by atoms with Crippen molar-refractivity contribution in [2.24, 2.45) is 0 Å². The minimum atomic E-state index is -0.507.